The van der Waals surface area contributed by atoms with E-state index < -0.39 is 0 Å². The van der Waals surface area contributed by atoms with Gasteiger partial charge in [-0.25, -0.2) is 4.39 Å². The molecular weight excluding hydrogens is 379 g/mol. The van der Waals surface area contributed by atoms with Gasteiger partial charge in [-0.2, -0.15) is 0 Å². The average molecular weight is 411 g/mol. The molecule has 1 atom stereocenters. The molecule has 30 heavy (non-hydrogen) atoms. The van der Waals surface area contributed by atoms with E-state index >= 15 is 0 Å². The molecule has 1 unspecified atom stereocenters. The second kappa shape index (κ2) is 10.1. The topological polar surface area (TPSA) is 48.5 Å². The minimum absolute atomic E-state index is 0.0701. The lowest BCUT2D eigenvalue weighted by molar-refractivity contribution is -0.127. The van der Waals surface area contributed by atoms with Gasteiger partial charge in [0.1, 0.15) is 5.82 Å². The van der Waals surface area contributed by atoms with Crippen molar-refractivity contribution in [3.05, 3.63) is 65.7 Å². The molecular formula is C24H31FN4O. The molecule has 5 nitrogen and oxygen atoms in total. The van der Waals surface area contributed by atoms with E-state index in [9.17, 15) is 9.18 Å². The zero-order valence-corrected chi connectivity index (χ0v) is 17.5. The lowest BCUT2D eigenvalue weighted by atomic mass is 9.93. The van der Waals surface area contributed by atoms with Crippen molar-refractivity contribution in [2.45, 2.75) is 44.8 Å². The molecule has 6 heteroatoms. The van der Waals surface area contributed by atoms with E-state index in [1.54, 1.807) is 24.5 Å². The smallest absolute Gasteiger partial charge is 0.224 e. The number of hydrogen-bond acceptors (Lipinski definition) is 4. The van der Waals surface area contributed by atoms with Crippen molar-refractivity contribution in [3.8, 4) is 0 Å². The summed E-state index contributed by atoms with van der Waals surface area (Å²) in [5.74, 6) is 0.0661. The molecule has 0 spiro atoms. The third-order valence-electron chi connectivity index (χ3n) is 6.38. The van der Waals surface area contributed by atoms with Crippen LogP contribution in [0.3, 0.4) is 0 Å². The number of likely N-dealkylation sites (tertiary alicyclic amines) is 2. The molecule has 1 N–H and O–H groups in total. The highest BCUT2D eigenvalue weighted by Gasteiger charge is 2.31. The Bertz CT molecular complexity index is 823. The van der Waals surface area contributed by atoms with Crippen molar-refractivity contribution in [1.82, 2.24) is 20.1 Å². The lowest BCUT2D eigenvalue weighted by Crippen LogP contribution is -2.50. The molecule has 0 radical (unpaired) electrons. The Labute approximate surface area is 178 Å². The highest BCUT2D eigenvalue weighted by molar-refractivity contribution is 5.78. The molecule has 1 aromatic carbocycles. The Kier molecular flexibility index (Phi) is 7.07. The molecule has 2 aliphatic heterocycles. The fourth-order valence-electron chi connectivity index (χ4n) is 4.72. The van der Waals surface area contributed by atoms with E-state index in [4.69, 9.17) is 0 Å². The molecule has 0 aliphatic carbocycles. The lowest BCUT2D eigenvalue weighted by Gasteiger charge is -2.42. The summed E-state index contributed by atoms with van der Waals surface area (Å²) in [7, 11) is 0. The van der Waals surface area contributed by atoms with Gasteiger partial charge in [-0.3, -0.25) is 19.6 Å². The molecule has 2 saturated heterocycles. The molecule has 1 amide bonds. The number of aromatic nitrogens is 1. The summed E-state index contributed by atoms with van der Waals surface area (Å²) in [6.45, 7) is 5.34. The number of amides is 1. The number of piperidine rings is 2. The number of halogens is 1. The number of hydrogen-bond donors (Lipinski definition) is 1. The number of benzene rings is 1. The molecule has 0 saturated carbocycles. The van der Waals surface area contributed by atoms with Gasteiger partial charge in [0.25, 0.3) is 0 Å². The van der Waals surface area contributed by atoms with Crippen LogP contribution in [-0.4, -0.2) is 52.9 Å². The van der Waals surface area contributed by atoms with E-state index in [1.807, 2.05) is 18.2 Å². The van der Waals surface area contributed by atoms with Crippen molar-refractivity contribution < 1.29 is 9.18 Å². The Morgan fingerprint density at radius 2 is 1.93 bits per heavy atom. The SMILES string of the molecule is O=C(NCc1cccnc1)C1CCCN(C2CCN(Cc3cccc(F)c3)CC2)C1. The minimum Gasteiger partial charge on any atom is -0.352 e. The average Bonchev–Trinajstić information content (AvgIpc) is 2.79. The molecule has 3 heterocycles. The maximum atomic E-state index is 13.4. The van der Waals surface area contributed by atoms with Crippen LogP contribution in [-0.2, 0) is 17.9 Å². The first-order valence-corrected chi connectivity index (χ1v) is 11.0. The number of pyridine rings is 1. The third kappa shape index (κ3) is 5.64. The number of rotatable bonds is 6. The van der Waals surface area contributed by atoms with Gasteiger partial charge in [-0.1, -0.05) is 18.2 Å². The first-order chi connectivity index (χ1) is 14.7. The fourth-order valence-corrected chi connectivity index (χ4v) is 4.72. The van der Waals surface area contributed by atoms with Crippen LogP contribution in [0, 0.1) is 11.7 Å². The van der Waals surface area contributed by atoms with E-state index in [2.05, 4.69) is 20.1 Å². The molecule has 4 rings (SSSR count). The van der Waals surface area contributed by atoms with E-state index in [-0.39, 0.29) is 17.6 Å². The summed E-state index contributed by atoms with van der Waals surface area (Å²) in [5, 5.41) is 3.09. The minimum atomic E-state index is -0.163. The second-order valence-electron chi connectivity index (χ2n) is 8.55. The molecule has 2 aromatic rings. The third-order valence-corrected chi connectivity index (χ3v) is 6.38. The summed E-state index contributed by atoms with van der Waals surface area (Å²) in [5.41, 5.74) is 2.07. The van der Waals surface area contributed by atoms with Crippen LogP contribution in [0.25, 0.3) is 0 Å². The monoisotopic (exact) mass is 410 g/mol. The Morgan fingerprint density at radius 1 is 1.10 bits per heavy atom. The van der Waals surface area contributed by atoms with Gasteiger partial charge in [-0.05, 0) is 74.6 Å². The highest BCUT2D eigenvalue weighted by Crippen LogP contribution is 2.25. The predicted octanol–water partition coefficient (Wildman–Crippen LogP) is 3.21. The quantitative estimate of drug-likeness (QED) is 0.795. The highest BCUT2D eigenvalue weighted by atomic mass is 19.1. The summed E-state index contributed by atoms with van der Waals surface area (Å²) in [6, 6.07) is 11.3. The van der Waals surface area contributed by atoms with Crippen molar-refractivity contribution in [2.75, 3.05) is 26.2 Å². The van der Waals surface area contributed by atoms with Crippen LogP contribution in [0.15, 0.2) is 48.8 Å². The van der Waals surface area contributed by atoms with Gasteiger partial charge in [0.05, 0.1) is 5.92 Å². The molecule has 0 bridgehead atoms. The van der Waals surface area contributed by atoms with Crippen LogP contribution >= 0.6 is 0 Å². The largest absolute Gasteiger partial charge is 0.352 e. The summed E-state index contributed by atoms with van der Waals surface area (Å²) in [4.78, 5) is 21.7. The van der Waals surface area contributed by atoms with Gasteiger partial charge in [0.2, 0.25) is 5.91 Å². The van der Waals surface area contributed by atoms with Crippen molar-refractivity contribution in [2.24, 2.45) is 5.92 Å². The van der Waals surface area contributed by atoms with Crippen LogP contribution in [0.1, 0.15) is 36.8 Å². The van der Waals surface area contributed by atoms with Gasteiger partial charge >= 0.3 is 0 Å². The first kappa shape index (κ1) is 20.9. The van der Waals surface area contributed by atoms with Gasteiger partial charge in [0, 0.05) is 38.1 Å². The Morgan fingerprint density at radius 3 is 2.70 bits per heavy atom. The fraction of sp³-hybridized carbons (Fsp3) is 0.500. The van der Waals surface area contributed by atoms with Crippen molar-refractivity contribution in [1.29, 1.82) is 0 Å². The number of carbonyl (C=O) groups is 1. The van der Waals surface area contributed by atoms with Crippen LogP contribution in [0.5, 0.6) is 0 Å². The van der Waals surface area contributed by atoms with Crippen LogP contribution in [0.4, 0.5) is 4.39 Å². The molecule has 1 aromatic heterocycles. The summed E-state index contributed by atoms with van der Waals surface area (Å²) >= 11 is 0. The van der Waals surface area contributed by atoms with Crippen LogP contribution in [0.2, 0.25) is 0 Å². The van der Waals surface area contributed by atoms with Crippen molar-refractivity contribution >= 4 is 5.91 Å². The maximum absolute atomic E-state index is 13.4. The predicted molar refractivity (Wildman–Crippen MR) is 115 cm³/mol. The second-order valence-corrected chi connectivity index (χ2v) is 8.55. The molecule has 2 fully saturated rings. The number of carbonyl (C=O) groups excluding carboxylic acids is 1. The van der Waals surface area contributed by atoms with Crippen LogP contribution < -0.4 is 5.32 Å². The standard InChI is InChI=1S/C24H31FN4O/c25-22-7-1-4-19(14-22)17-28-12-8-23(9-13-28)29-11-3-6-21(18-29)24(30)27-16-20-5-2-10-26-15-20/h1-2,4-5,7,10,14-15,21,23H,3,6,8-9,11-13,16-18H2,(H,27,30). The number of nitrogens with zero attached hydrogens (tertiary/aromatic N) is 3. The van der Waals surface area contributed by atoms with Crippen molar-refractivity contribution in [3.63, 3.8) is 0 Å². The van der Waals surface area contributed by atoms with Gasteiger partial charge in [0.15, 0.2) is 0 Å². The normalized spacial score (nSPS) is 21.4. The van der Waals surface area contributed by atoms with E-state index in [1.165, 1.54) is 6.07 Å². The van der Waals surface area contributed by atoms with E-state index in [0.29, 0.717) is 12.6 Å². The maximum Gasteiger partial charge on any atom is 0.224 e. The zero-order valence-electron chi connectivity index (χ0n) is 17.5. The summed E-state index contributed by atoms with van der Waals surface area (Å²) in [6.07, 6.45) is 7.81. The molecule has 160 valence electrons. The summed E-state index contributed by atoms with van der Waals surface area (Å²) < 4.78 is 13.4. The first-order valence-electron chi connectivity index (χ1n) is 11.0. The van der Waals surface area contributed by atoms with Gasteiger partial charge in [-0.15, -0.1) is 0 Å². The Hall–Kier alpha value is -2.31. The molecule has 2 aliphatic rings. The Balaban J connectivity index is 1.23. The van der Waals surface area contributed by atoms with E-state index in [0.717, 1.165) is 69.5 Å². The zero-order chi connectivity index (χ0) is 20.8. The van der Waals surface area contributed by atoms with Gasteiger partial charge < -0.3 is 5.32 Å². The number of nitrogens with one attached hydrogen (secondary N) is 1.